The average molecular weight is 343 g/mol. The fraction of sp³-hybridized carbons (Fsp3) is 0.444. The summed E-state index contributed by atoms with van der Waals surface area (Å²) in [6.07, 6.45) is 0. The number of nitrogens with one attached hydrogen (secondary N) is 1. The average Bonchev–Trinajstić information content (AvgIpc) is 2.88. The summed E-state index contributed by atoms with van der Waals surface area (Å²) in [6, 6.07) is 7.11. The first-order chi connectivity index (χ1) is 11.6. The molecule has 0 aliphatic heterocycles. The van der Waals surface area contributed by atoms with E-state index in [1.165, 1.54) is 4.90 Å². The van der Waals surface area contributed by atoms with Crippen LogP contribution in [0.5, 0.6) is 0 Å². The Balaban J connectivity index is 2.04. The van der Waals surface area contributed by atoms with Crippen molar-refractivity contribution in [3.8, 4) is 0 Å². The Morgan fingerprint density at radius 3 is 2.48 bits per heavy atom. The standard InChI is InChI=1S/C18H25N5O2/c1-12-8-7-9-15(19-12)20-16(24)11-22(6)17(25)14-10-13(2)23(21-14)18(3,4)5/h7-10H,11H2,1-6H3,(H,19,20,24). The number of nitrogens with zero attached hydrogens (tertiary/aromatic N) is 4. The molecule has 2 amide bonds. The third-order valence-corrected chi connectivity index (χ3v) is 3.63. The molecule has 2 aromatic heterocycles. The number of carbonyl (C=O) groups is 2. The zero-order valence-corrected chi connectivity index (χ0v) is 15.6. The number of aryl methyl sites for hydroxylation is 2. The monoisotopic (exact) mass is 343 g/mol. The largest absolute Gasteiger partial charge is 0.331 e. The van der Waals surface area contributed by atoms with Crippen molar-refractivity contribution in [2.45, 2.75) is 40.2 Å². The molecular formula is C18H25N5O2. The Hall–Kier alpha value is -2.70. The summed E-state index contributed by atoms with van der Waals surface area (Å²) in [7, 11) is 1.58. The van der Waals surface area contributed by atoms with Crippen LogP contribution in [0.4, 0.5) is 5.82 Å². The summed E-state index contributed by atoms with van der Waals surface area (Å²) < 4.78 is 1.81. The molecule has 0 aromatic carbocycles. The van der Waals surface area contributed by atoms with Crippen LogP contribution >= 0.6 is 0 Å². The van der Waals surface area contributed by atoms with Crippen LogP contribution in [-0.4, -0.2) is 45.1 Å². The van der Waals surface area contributed by atoms with Gasteiger partial charge < -0.3 is 10.2 Å². The van der Waals surface area contributed by atoms with Crippen molar-refractivity contribution in [1.82, 2.24) is 19.7 Å². The van der Waals surface area contributed by atoms with Crippen LogP contribution in [0, 0.1) is 13.8 Å². The molecule has 0 unspecified atom stereocenters. The van der Waals surface area contributed by atoms with Gasteiger partial charge in [-0.05, 0) is 52.8 Å². The van der Waals surface area contributed by atoms with Gasteiger partial charge in [-0.25, -0.2) is 4.98 Å². The van der Waals surface area contributed by atoms with Crippen LogP contribution in [-0.2, 0) is 10.3 Å². The number of likely N-dealkylation sites (N-methyl/N-ethyl adjacent to an activating group) is 1. The highest BCUT2D eigenvalue weighted by atomic mass is 16.2. The first kappa shape index (κ1) is 18.6. The van der Waals surface area contributed by atoms with Gasteiger partial charge in [-0.1, -0.05) is 6.07 Å². The molecule has 0 saturated carbocycles. The van der Waals surface area contributed by atoms with E-state index in [9.17, 15) is 9.59 Å². The third-order valence-electron chi connectivity index (χ3n) is 3.63. The maximum Gasteiger partial charge on any atom is 0.274 e. The molecule has 7 nitrogen and oxygen atoms in total. The first-order valence-electron chi connectivity index (χ1n) is 8.14. The van der Waals surface area contributed by atoms with E-state index in [1.807, 2.05) is 51.4 Å². The Morgan fingerprint density at radius 1 is 1.24 bits per heavy atom. The second kappa shape index (κ2) is 7.04. The lowest BCUT2D eigenvalue weighted by Crippen LogP contribution is -2.35. The van der Waals surface area contributed by atoms with E-state index >= 15 is 0 Å². The maximum absolute atomic E-state index is 12.5. The van der Waals surface area contributed by atoms with E-state index in [-0.39, 0.29) is 23.9 Å². The minimum absolute atomic E-state index is 0.0735. The van der Waals surface area contributed by atoms with Crippen LogP contribution in [0.3, 0.4) is 0 Å². The lowest BCUT2D eigenvalue weighted by Gasteiger charge is -2.21. The number of rotatable bonds is 4. The van der Waals surface area contributed by atoms with Crippen molar-refractivity contribution in [3.05, 3.63) is 41.3 Å². The first-order valence-corrected chi connectivity index (χ1v) is 8.14. The van der Waals surface area contributed by atoms with Crippen LogP contribution in [0.2, 0.25) is 0 Å². The fourth-order valence-corrected chi connectivity index (χ4v) is 2.54. The van der Waals surface area contributed by atoms with Gasteiger partial charge in [-0.2, -0.15) is 5.10 Å². The van der Waals surface area contributed by atoms with Crippen LogP contribution in [0.1, 0.15) is 42.6 Å². The topological polar surface area (TPSA) is 80.1 Å². The summed E-state index contributed by atoms with van der Waals surface area (Å²) in [6.45, 7) is 9.74. The van der Waals surface area contributed by atoms with Crippen LogP contribution in [0.15, 0.2) is 24.3 Å². The highest BCUT2D eigenvalue weighted by Crippen LogP contribution is 2.17. The number of anilines is 1. The summed E-state index contributed by atoms with van der Waals surface area (Å²) in [5, 5.41) is 7.08. The van der Waals surface area contributed by atoms with E-state index < -0.39 is 0 Å². The lowest BCUT2D eigenvalue weighted by molar-refractivity contribution is -0.116. The second-order valence-electron chi connectivity index (χ2n) is 7.13. The predicted molar refractivity (Wildman–Crippen MR) is 96.5 cm³/mol. The van der Waals surface area contributed by atoms with Gasteiger partial charge in [0.15, 0.2) is 5.69 Å². The molecule has 0 atom stereocenters. The van der Waals surface area contributed by atoms with Gasteiger partial charge in [0.2, 0.25) is 5.91 Å². The van der Waals surface area contributed by atoms with Gasteiger partial charge >= 0.3 is 0 Å². The van der Waals surface area contributed by atoms with Gasteiger partial charge in [0.1, 0.15) is 5.82 Å². The summed E-state index contributed by atoms with van der Waals surface area (Å²) in [4.78, 5) is 30.2. The molecule has 134 valence electrons. The normalized spacial score (nSPS) is 11.3. The van der Waals surface area contributed by atoms with Crippen molar-refractivity contribution in [3.63, 3.8) is 0 Å². The highest BCUT2D eigenvalue weighted by molar-refractivity contribution is 5.98. The molecule has 2 heterocycles. The lowest BCUT2D eigenvalue weighted by atomic mass is 10.1. The van der Waals surface area contributed by atoms with E-state index in [0.29, 0.717) is 11.5 Å². The molecule has 1 N–H and O–H groups in total. The number of hydrogen-bond acceptors (Lipinski definition) is 4. The molecule has 2 rings (SSSR count). The minimum Gasteiger partial charge on any atom is -0.331 e. The van der Waals surface area contributed by atoms with Gasteiger partial charge in [-0.15, -0.1) is 0 Å². The summed E-state index contributed by atoms with van der Waals surface area (Å²) in [5.41, 5.74) is 1.83. The van der Waals surface area contributed by atoms with Gasteiger partial charge in [0.05, 0.1) is 12.1 Å². The number of pyridine rings is 1. The van der Waals surface area contributed by atoms with E-state index in [1.54, 1.807) is 19.2 Å². The quantitative estimate of drug-likeness (QED) is 0.924. The Morgan fingerprint density at radius 2 is 1.92 bits per heavy atom. The Labute approximate surface area is 148 Å². The third kappa shape index (κ3) is 4.65. The molecule has 2 aromatic rings. The Bertz CT molecular complexity index is 789. The molecule has 7 heteroatoms. The number of aromatic nitrogens is 3. The molecule has 0 spiro atoms. The molecule has 0 aliphatic carbocycles. The summed E-state index contributed by atoms with van der Waals surface area (Å²) in [5.74, 6) is -0.127. The van der Waals surface area contributed by atoms with Gasteiger partial charge in [0.25, 0.3) is 5.91 Å². The SMILES string of the molecule is Cc1cccc(NC(=O)CN(C)C(=O)c2cc(C)n(C(C)(C)C)n2)n1. The second-order valence-corrected chi connectivity index (χ2v) is 7.13. The zero-order chi connectivity index (χ0) is 18.8. The molecule has 25 heavy (non-hydrogen) atoms. The zero-order valence-electron chi connectivity index (χ0n) is 15.6. The molecular weight excluding hydrogens is 318 g/mol. The van der Waals surface area contributed by atoms with E-state index in [2.05, 4.69) is 15.4 Å². The van der Waals surface area contributed by atoms with E-state index in [4.69, 9.17) is 0 Å². The van der Waals surface area contributed by atoms with Crippen molar-refractivity contribution in [1.29, 1.82) is 0 Å². The van der Waals surface area contributed by atoms with Gasteiger partial charge in [-0.3, -0.25) is 14.3 Å². The number of hydrogen-bond donors (Lipinski definition) is 1. The molecule has 0 aliphatic rings. The van der Waals surface area contributed by atoms with Crippen molar-refractivity contribution < 1.29 is 9.59 Å². The maximum atomic E-state index is 12.5. The summed E-state index contributed by atoms with van der Waals surface area (Å²) >= 11 is 0. The van der Waals surface area contributed by atoms with Crippen LogP contribution < -0.4 is 5.32 Å². The highest BCUT2D eigenvalue weighted by Gasteiger charge is 2.23. The molecule has 0 bridgehead atoms. The molecule has 0 radical (unpaired) electrons. The predicted octanol–water partition coefficient (Wildman–Crippen LogP) is 2.36. The smallest absolute Gasteiger partial charge is 0.274 e. The molecule has 0 fully saturated rings. The van der Waals surface area contributed by atoms with Crippen molar-refractivity contribution in [2.24, 2.45) is 0 Å². The number of carbonyl (C=O) groups excluding carboxylic acids is 2. The number of amides is 2. The van der Waals surface area contributed by atoms with Crippen molar-refractivity contribution in [2.75, 3.05) is 18.9 Å². The van der Waals surface area contributed by atoms with Gasteiger partial charge in [0, 0.05) is 18.4 Å². The van der Waals surface area contributed by atoms with E-state index in [0.717, 1.165) is 11.4 Å². The minimum atomic E-state index is -0.305. The molecule has 0 saturated heterocycles. The fourth-order valence-electron chi connectivity index (χ4n) is 2.54. The van der Waals surface area contributed by atoms with Crippen molar-refractivity contribution >= 4 is 17.6 Å². The Kier molecular flexibility index (Phi) is 5.25. The van der Waals surface area contributed by atoms with Crippen LogP contribution in [0.25, 0.3) is 0 Å².